The molecule has 3 aromatic rings. The molecule has 1 amide bonds. The first kappa shape index (κ1) is 18.1. The lowest BCUT2D eigenvalue weighted by Gasteiger charge is -2.05. The predicted molar refractivity (Wildman–Crippen MR) is 96.9 cm³/mol. The summed E-state index contributed by atoms with van der Waals surface area (Å²) in [5, 5.41) is 24.3. The SMILES string of the molecule is O=C(Nc1cc([N+](=O)[O-])ccc1Cl)c1ccc(-c2cccc([N+](=O)[O-])c2)o1. The smallest absolute Gasteiger partial charge is 0.291 e. The number of benzene rings is 2. The van der Waals surface area contributed by atoms with Crippen molar-refractivity contribution in [3.8, 4) is 11.3 Å². The van der Waals surface area contributed by atoms with E-state index in [1.807, 2.05) is 0 Å². The van der Waals surface area contributed by atoms with Crippen LogP contribution in [0.2, 0.25) is 5.02 Å². The van der Waals surface area contributed by atoms with Crippen LogP contribution >= 0.6 is 11.6 Å². The summed E-state index contributed by atoms with van der Waals surface area (Å²) >= 11 is 5.95. The van der Waals surface area contributed by atoms with E-state index in [0.29, 0.717) is 5.56 Å². The van der Waals surface area contributed by atoms with Gasteiger partial charge in [-0.1, -0.05) is 23.7 Å². The number of nitrogens with one attached hydrogen (secondary N) is 1. The molecule has 1 N–H and O–H groups in total. The molecule has 27 heavy (non-hydrogen) atoms. The average molecular weight is 388 g/mol. The largest absolute Gasteiger partial charge is 0.451 e. The maximum atomic E-state index is 12.3. The van der Waals surface area contributed by atoms with E-state index in [9.17, 15) is 25.0 Å². The Bertz CT molecular complexity index is 1060. The van der Waals surface area contributed by atoms with Crippen LogP contribution in [0.5, 0.6) is 0 Å². The fourth-order valence-corrected chi connectivity index (χ4v) is 2.46. The molecule has 0 fully saturated rings. The van der Waals surface area contributed by atoms with E-state index in [1.165, 1.54) is 42.5 Å². The summed E-state index contributed by atoms with van der Waals surface area (Å²) < 4.78 is 5.44. The van der Waals surface area contributed by atoms with Crippen molar-refractivity contribution in [1.29, 1.82) is 0 Å². The van der Waals surface area contributed by atoms with Gasteiger partial charge in [0, 0.05) is 29.8 Å². The van der Waals surface area contributed by atoms with E-state index >= 15 is 0 Å². The summed E-state index contributed by atoms with van der Waals surface area (Å²) in [6.07, 6.45) is 0. The highest BCUT2D eigenvalue weighted by Gasteiger charge is 2.17. The van der Waals surface area contributed by atoms with Crippen molar-refractivity contribution in [2.24, 2.45) is 0 Å². The van der Waals surface area contributed by atoms with Crippen LogP contribution in [0.3, 0.4) is 0 Å². The number of anilines is 1. The number of non-ortho nitro benzene ring substituents is 2. The van der Waals surface area contributed by atoms with Crippen LogP contribution in [-0.2, 0) is 0 Å². The van der Waals surface area contributed by atoms with Gasteiger partial charge in [0.2, 0.25) is 0 Å². The molecule has 1 heterocycles. The highest BCUT2D eigenvalue weighted by atomic mass is 35.5. The van der Waals surface area contributed by atoms with Crippen molar-refractivity contribution in [3.63, 3.8) is 0 Å². The van der Waals surface area contributed by atoms with E-state index in [2.05, 4.69) is 5.32 Å². The molecule has 0 unspecified atom stereocenters. The Morgan fingerprint density at radius 3 is 2.37 bits per heavy atom. The van der Waals surface area contributed by atoms with Crippen molar-refractivity contribution in [2.75, 3.05) is 5.32 Å². The Labute approximate surface area is 156 Å². The van der Waals surface area contributed by atoms with Gasteiger partial charge in [0.25, 0.3) is 17.3 Å². The van der Waals surface area contributed by atoms with E-state index in [-0.39, 0.29) is 33.6 Å². The minimum Gasteiger partial charge on any atom is -0.451 e. The van der Waals surface area contributed by atoms with Gasteiger partial charge in [0.05, 0.1) is 20.6 Å². The topological polar surface area (TPSA) is 129 Å². The third-order valence-electron chi connectivity index (χ3n) is 3.58. The molecule has 136 valence electrons. The van der Waals surface area contributed by atoms with E-state index in [0.717, 1.165) is 6.07 Å². The monoisotopic (exact) mass is 387 g/mol. The second-order valence-corrected chi connectivity index (χ2v) is 5.75. The molecule has 0 atom stereocenters. The van der Waals surface area contributed by atoms with Crippen LogP contribution < -0.4 is 5.32 Å². The molecular formula is C17H10ClN3O6. The first-order valence-corrected chi connectivity index (χ1v) is 7.83. The second kappa shape index (κ2) is 7.26. The molecular weight excluding hydrogens is 378 g/mol. The number of halogens is 1. The van der Waals surface area contributed by atoms with Gasteiger partial charge in [-0.05, 0) is 18.2 Å². The number of rotatable bonds is 5. The molecule has 0 aliphatic heterocycles. The maximum Gasteiger partial charge on any atom is 0.291 e. The number of carbonyl (C=O) groups is 1. The first-order chi connectivity index (χ1) is 12.8. The van der Waals surface area contributed by atoms with Gasteiger partial charge in [-0.25, -0.2) is 0 Å². The molecule has 1 aromatic heterocycles. The molecule has 3 rings (SSSR count). The zero-order chi connectivity index (χ0) is 19.6. The lowest BCUT2D eigenvalue weighted by molar-refractivity contribution is -0.385. The number of nitro groups is 2. The van der Waals surface area contributed by atoms with Gasteiger partial charge < -0.3 is 9.73 Å². The number of nitrogens with zero attached hydrogens (tertiary/aromatic N) is 2. The molecule has 9 nitrogen and oxygen atoms in total. The third-order valence-corrected chi connectivity index (χ3v) is 3.91. The predicted octanol–water partition coefficient (Wildman–Crippen LogP) is 4.67. The average Bonchev–Trinajstić information content (AvgIpc) is 3.13. The van der Waals surface area contributed by atoms with Crippen LogP contribution in [0.1, 0.15) is 10.6 Å². The summed E-state index contributed by atoms with van der Waals surface area (Å²) in [5.41, 5.74) is 0.144. The van der Waals surface area contributed by atoms with Gasteiger partial charge in [0.1, 0.15) is 5.76 Å². The fourth-order valence-electron chi connectivity index (χ4n) is 2.29. The molecule has 10 heteroatoms. The fraction of sp³-hybridized carbons (Fsp3) is 0. The molecule has 0 bridgehead atoms. The molecule has 0 saturated carbocycles. The second-order valence-electron chi connectivity index (χ2n) is 5.35. The lowest BCUT2D eigenvalue weighted by Crippen LogP contribution is -2.11. The first-order valence-electron chi connectivity index (χ1n) is 7.45. The number of hydrogen-bond acceptors (Lipinski definition) is 6. The van der Waals surface area contributed by atoms with Crippen molar-refractivity contribution in [3.05, 3.63) is 85.6 Å². The van der Waals surface area contributed by atoms with Gasteiger partial charge in [-0.2, -0.15) is 0 Å². The number of nitro benzene ring substituents is 2. The number of amides is 1. The van der Waals surface area contributed by atoms with Gasteiger partial charge in [0.15, 0.2) is 5.76 Å². The zero-order valence-electron chi connectivity index (χ0n) is 13.4. The maximum absolute atomic E-state index is 12.3. The summed E-state index contributed by atoms with van der Waals surface area (Å²) in [6, 6.07) is 12.3. The standard InChI is InChI=1S/C17H10ClN3O6/c18-13-5-4-12(21(25)26)9-14(13)19-17(22)16-7-6-15(27-16)10-2-1-3-11(8-10)20(23)24/h1-9H,(H,19,22). The number of hydrogen-bond donors (Lipinski definition) is 1. The van der Waals surface area contributed by atoms with Crippen LogP contribution in [0, 0.1) is 20.2 Å². The zero-order valence-corrected chi connectivity index (χ0v) is 14.2. The van der Waals surface area contributed by atoms with Gasteiger partial charge in [-0.15, -0.1) is 0 Å². The minimum absolute atomic E-state index is 0.0594. The number of furan rings is 1. The van der Waals surface area contributed by atoms with E-state index in [1.54, 1.807) is 6.07 Å². The van der Waals surface area contributed by atoms with Crippen LogP contribution in [0.15, 0.2) is 59.0 Å². The van der Waals surface area contributed by atoms with Crippen molar-refractivity contribution < 1.29 is 19.1 Å². The summed E-state index contributed by atoms with van der Waals surface area (Å²) in [6.45, 7) is 0. The minimum atomic E-state index is -0.672. The van der Waals surface area contributed by atoms with Crippen molar-refractivity contribution in [1.82, 2.24) is 0 Å². The Morgan fingerprint density at radius 2 is 1.67 bits per heavy atom. The Hall–Kier alpha value is -3.72. The third kappa shape index (κ3) is 3.93. The molecule has 0 spiro atoms. The molecule has 0 radical (unpaired) electrons. The Kier molecular flexibility index (Phi) is 4.86. The Morgan fingerprint density at radius 1 is 0.963 bits per heavy atom. The molecule has 0 aliphatic carbocycles. The van der Waals surface area contributed by atoms with E-state index in [4.69, 9.17) is 16.0 Å². The summed E-state index contributed by atoms with van der Waals surface area (Å²) in [5.74, 6) is -0.498. The van der Waals surface area contributed by atoms with Crippen molar-refractivity contribution >= 4 is 34.6 Å². The molecule has 0 saturated heterocycles. The molecule has 0 aliphatic rings. The Balaban J connectivity index is 1.84. The van der Waals surface area contributed by atoms with Crippen LogP contribution in [0.25, 0.3) is 11.3 Å². The quantitative estimate of drug-likeness (QED) is 0.500. The van der Waals surface area contributed by atoms with Crippen LogP contribution in [-0.4, -0.2) is 15.8 Å². The molecule has 2 aromatic carbocycles. The van der Waals surface area contributed by atoms with Gasteiger partial charge in [-0.3, -0.25) is 25.0 Å². The van der Waals surface area contributed by atoms with Crippen molar-refractivity contribution in [2.45, 2.75) is 0 Å². The normalized spacial score (nSPS) is 10.4. The van der Waals surface area contributed by atoms with Crippen LogP contribution in [0.4, 0.5) is 17.1 Å². The lowest BCUT2D eigenvalue weighted by atomic mass is 10.1. The summed E-state index contributed by atoms with van der Waals surface area (Å²) in [7, 11) is 0. The van der Waals surface area contributed by atoms with E-state index < -0.39 is 15.8 Å². The number of carbonyl (C=O) groups excluding carboxylic acids is 1. The van der Waals surface area contributed by atoms with Gasteiger partial charge >= 0.3 is 0 Å². The highest BCUT2D eigenvalue weighted by molar-refractivity contribution is 6.34. The highest BCUT2D eigenvalue weighted by Crippen LogP contribution is 2.29. The summed E-state index contributed by atoms with van der Waals surface area (Å²) in [4.78, 5) is 32.9.